The quantitative estimate of drug-likeness (QED) is 0.927. The van der Waals surface area contributed by atoms with Crippen molar-refractivity contribution in [3.8, 4) is 0 Å². The molecule has 122 valence electrons. The van der Waals surface area contributed by atoms with E-state index in [1.54, 1.807) is 4.90 Å². The topological polar surface area (TPSA) is 64.8 Å². The third-order valence-electron chi connectivity index (χ3n) is 3.59. The predicted octanol–water partition coefficient (Wildman–Crippen LogP) is 2.40. The zero-order chi connectivity index (χ0) is 16.2. The fourth-order valence-corrected chi connectivity index (χ4v) is 2.45. The minimum Gasteiger partial charge on any atom is -0.444 e. The first-order valence-corrected chi connectivity index (χ1v) is 7.70. The second-order valence-electron chi connectivity index (χ2n) is 6.81. The van der Waals surface area contributed by atoms with Crippen LogP contribution in [0.5, 0.6) is 0 Å². The molecule has 0 spiro atoms. The Labute approximate surface area is 132 Å². The van der Waals surface area contributed by atoms with Crippen LogP contribution in [0.2, 0.25) is 0 Å². The van der Waals surface area contributed by atoms with E-state index in [1.165, 1.54) is 0 Å². The molecule has 0 aromatic heterocycles. The summed E-state index contributed by atoms with van der Waals surface area (Å²) >= 11 is 0. The van der Waals surface area contributed by atoms with Gasteiger partial charge in [-0.1, -0.05) is 30.3 Å². The van der Waals surface area contributed by atoms with Crippen molar-refractivity contribution in [2.24, 2.45) is 11.7 Å². The van der Waals surface area contributed by atoms with Crippen LogP contribution in [-0.2, 0) is 16.1 Å². The lowest BCUT2D eigenvalue weighted by atomic mass is 10.1. The van der Waals surface area contributed by atoms with Crippen LogP contribution in [-0.4, -0.2) is 42.3 Å². The molecule has 2 atom stereocenters. The number of rotatable bonds is 4. The van der Waals surface area contributed by atoms with Gasteiger partial charge in [0.2, 0.25) is 0 Å². The molecule has 0 radical (unpaired) electrons. The fraction of sp³-hybridized carbons (Fsp3) is 0.588. The first-order chi connectivity index (χ1) is 10.3. The fourth-order valence-electron chi connectivity index (χ4n) is 2.45. The van der Waals surface area contributed by atoms with Crippen molar-refractivity contribution in [3.05, 3.63) is 35.9 Å². The van der Waals surface area contributed by atoms with Gasteiger partial charge in [-0.3, -0.25) is 0 Å². The van der Waals surface area contributed by atoms with Crippen molar-refractivity contribution >= 4 is 6.09 Å². The van der Waals surface area contributed by atoms with Crippen LogP contribution in [0.25, 0.3) is 0 Å². The molecule has 1 aliphatic heterocycles. The molecule has 22 heavy (non-hydrogen) atoms. The lowest BCUT2D eigenvalue weighted by molar-refractivity contribution is 0.0271. The monoisotopic (exact) mass is 306 g/mol. The molecule has 1 aromatic carbocycles. The average molecular weight is 306 g/mol. The van der Waals surface area contributed by atoms with Crippen LogP contribution in [0.4, 0.5) is 4.79 Å². The van der Waals surface area contributed by atoms with Gasteiger partial charge in [-0.25, -0.2) is 4.79 Å². The van der Waals surface area contributed by atoms with Crippen molar-refractivity contribution < 1.29 is 14.3 Å². The van der Waals surface area contributed by atoms with E-state index in [9.17, 15) is 4.79 Å². The highest BCUT2D eigenvalue weighted by molar-refractivity contribution is 5.68. The molecule has 2 rings (SSSR count). The Balaban J connectivity index is 1.77. The Morgan fingerprint density at radius 2 is 1.95 bits per heavy atom. The van der Waals surface area contributed by atoms with E-state index < -0.39 is 5.60 Å². The highest BCUT2D eigenvalue weighted by Crippen LogP contribution is 2.19. The van der Waals surface area contributed by atoms with E-state index in [4.69, 9.17) is 15.2 Å². The molecule has 1 aliphatic rings. The van der Waals surface area contributed by atoms with Crippen LogP contribution in [0.1, 0.15) is 26.3 Å². The molecule has 2 N–H and O–H groups in total. The molecule has 1 saturated heterocycles. The Morgan fingerprint density at radius 3 is 2.59 bits per heavy atom. The molecule has 1 fully saturated rings. The summed E-state index contributed by atoms with van der Waals surface area (Å²) in [6, 6.07) is 9.95. The number of nitrogens with zero attached hydrogens (tertiary/aromatic N) is 1. The molecule has 5 nitrogen and oxygen atoms in total. The summed E-state index contributed by atoms with van der Waals surface area (Å²) in [6.07, 6.45) is -0.298. The van der Waals surface area contributed by atoms with E-state index in [1.807, 2.05) is 51.1 Å². The highest BCUT2D eigenvalue weighted by Gasteiger charge is 2.35. The lowest BCUT2D eigenvalue weighted by Gasteiger charge is -2.24. The molecule has 1 aromatic rings. The van der Waals surface area contributed by atoms with Gasteiger partial charge >= 0.3 is 6.09 Å². The summed E-state index contributed by atoms with van der Waals surface area (Å²) in [5.41, 5.74) is 6.77. The molecule has 1 amide bonds. The summed E-state index contributed by atoms with van der Waals surface area (Å²) in [5, 5.41) is 0. The minimum atomic E-state index is -0.483. The number of likely N-dealkylation sites (tertiary alicyclic amines) is 1. The Morgan fingerprint density at radius 1 is 1.27 bits per heavy atom. The number of benzene rings is 1. The smallest absolute Gasteiger partial charge is 0.410 e. The van der Waals surface area contributed by atoms with Gasteiger partial charge in [0, 0.05) is 25.0 Å². The molecular formula is C17H26N2O3. The van der Waals surface area contributed by atoms with E-state index in [2.05, 4.69) is 0 Å². The molecule has 0 saturated carbocycles. The molecule has 0 aliphatic carbocycles. The Kier molecular flexibility index (Phi) is 5.42. The van der Waals surface area contributed by atoms with Crippen LogP contribution in [0.3, 0.4) is 0 Å². The third kappa shape index (κ3) is 5.00. The number of carbonyl (C=O) groups is 1. The van der Waals surface area contributed by atoms with Crippen LogP contribution < -0.4 is 5.73 Å². The van der Waals surface area contributed by atoms with E-state index in [-0.39, 0.29) is 18.1 Å². The summed E-state index contributed by atoms with van der Waals surface area (Å²) in [7, 11) is 0. The van der Waals surface area contributed by atoms with Crippen molar-refractivity contribution in [2.75, 3.05) is 19.7 Å². The number of carbonyl (C=O) groups excluding carboxylic acids is 1. The normalized spacial score (nSPS) is 21.9. The van der Waals surface area contributed by atoms with Gasteiger partial charge in [0.05, 0.1) is 13.2 Å². The maximum Gasteiger partial charge on any atom is 0.410 e. The maximum absolute atomic E-state index is 12.1. The number of nitrogens with two attached hydrogens (primary N) is 1. The highest BCUT2D eigenvalue weighted by atomic mass is 16.6. The predicted molar refractivity (Wildman–Crippen MR) is 85.4 cm³/mol. The zero-order valence-electron chi connectivity index (χ0n) is 13.6. The van der Waals surface area contributed by atoms with Gasteiger partial charge in [0.25, 0.3) is 0 Å². The second-order valence-corrected chi connectivity index (χ2v) is 6.81. The van der Waals surface area contributed by atoms with Gasteiger partial charge in [-0.2, -0.15) is 0 Å². The van der Waals surface area contributed by atoms with Crippen molar-refractivity contribution in [3.63, 3.8) is 0 Å². The molecular weight excluding hydrogens is 280 g/mol. The summed E-state index contributed by atoms with van der Waals surface area (Å²) in [4.78, 5) is 13.7. The van der Waals surface area contributed by atoms with Gasteiger partial charge in [0.1, 0.15) is 5.60 Å². The largest absolute Gasteiger partial charge is 0.444 e. The van der Waals surface area contributed by atoms with Gasteiger partial charge < -0.3 is 20.1 Å². The molecule has 1 heterocycles. The summed E-state index contributed by atoms with van der Waals surface area (Å²) in [6.45, 7) is 7.81. The van der Waals surface area contributed by atoms with Gasteiger partial charge in [-0.05, 0) is 26.3 Å². The first kappa shape index (κ1) is 16.8. The molecule has 0 bridgehead atoms. The van der Waals surface area contributed by atoms with E-state index in [0.717, 1.165) is 5.56 Å². The summed E-state index contributed by atoms with van der Waals surface area (Å²) in [5.74, 6) is 0.149. The lowest BCUT2D eigenvalue weighted by Crippen LogP contribution is -2.36. The van der Waals surface area contributed by atoms with Crippen molar-refractivity contribution in [1.29, 1.82) is 0 Å². The third-order valence-corrected chi connectivity index (χ3v) is 3.59. The SMILES string of the molecule is CC(C)(C)OC(=O)N1C[C@H](COCc2ccccc2)[C@@H](N)C1. The van der Waals surface area contributed by atoms with Crippen LogP contribution in [0.15, 0.2) is 30.3 Å². The van der Waals surface area contributed by atoms with Gasteiger partial charge in [-0.15, -0.1) is 0 Å². The standard InChI is InChI=1S/C17H26N2O3/c1-17(2,3)22-16(20)19-9-14(15(18)10-19)12-21-11-13-7-5-4-6-8-13/h4-8,14-15H,9-12,18H2,1-3H3/t14-,15+/m1/s1. The first-order valence-electron chi connectivity index (χ1n) is 7.70. The van der Waals surface area contributed by atoms with Crippen LogP contribution in [0, 0.1) is 5.92 Å². The maximum atomic E-state index is 12.1. The van der Waals surface area contributed by atoms with E-state index in [0.29, 0.717) is 26.3 Å². The van der Waals surface area contributed by atoms with Crippen molar-refractivity contribution in [1.82, 2.24) is 4.90 Å². The van der Waals surface area contributed by atoms with E-state index >= 15 is 0 Å². The number of hydrogen-bond donors (Lipinski definition) is 1. The number of ether oxygens (including phenoxy) is 2. The molecule has 0 unspecified atom stereocenters. The van der Waals surface area contributed by atoms with Gasteiger partial charge in [0.15, 0.2) is 0 Å². The number of hydrogen-bond acceptors (Lipinski definition) is 4. The second kappa shape index (κ2) is 7.11. The number of amides is 1. The Bertz CT molecular complexity index is 484. The Hall–Kier alpha value is -1.59. The zero-order valence-corrected chi connectivity index (χ0v) is 13.6. The summed E-state index contributed by atoms with van der Waals surface area (Å²) < 4.78 is 11.1. The van der Waals surface area contributed by atoms with Crippen molar-refractivity contribution in [2.45, 2.75) is 39.0 Å². The minimum absolute atomic E-state index is 0.0664. The average Bonchev–Trinajstić information content (AvgIpc) is 2.80. The molecule has 5 heteroatoms. The van der Waals surface area contributed by atoms with Crippen LogP contribution >= 0.6 is 0 Å².